The van der Waals surface area contributed by atoms with Crippen molar-refractivity contribution in [3.63, 3.8) is 0 Å². The molecule has 1 atom stereocenters. The second-order valence-corrected chi connectivity index (χ2v) is 6.47. The smallest absolute Gasteiger partial charge is 0.313 e. The van der Waals surface area contributed by atoms with E-state index in [0.717, 1.165) is 18.7 Å². The van der Waals surface area contributed by atoms with Gasteiger partial charge in [0.1, 0.15) is 0 Å². The number of anilines is 1. The number of benzene rings is 1. The summed E-state index contributed by atoms with van der Waals surface area (Å²) < 4.78 is 5.44. The van der Waals surface area contributed by atoms with E-state index in [1.807, 2.05) is 6.92 Å². The van der Waals surface area contributed by atoms with Crippen LogP contribution < -0.4 is 10.6 Å². The molecular formula is C20H24N4O3. The Hall–Kier alpha value is -2.77. The highest BCUT2D eigenvalue weighted by Crippen LogP contribution is 2.21. The lowest BCUT2D eigenvalue weighted by molar-refractivity contribution is -0.136. The van der Waals surface area contributed by atoms with E-state index in [1.54, 1.807) is 24.5 Å². The van der Waals surface area contributed by atoms with Gasteiger partial charge in [0.25, 0.3) is 0 Å². The molecule has 0 bridgehead atoms. The molecule has 3 rings (SSSR count). The molecule has 27 heavy (non-hydrogen) atoms. The summed E-state index contributed by atoms with van der Waals surface area (Å²) in [5.74, 6) is -1.34. The number of nitrogens with one attached hydrogen (secondary N) is 2. The van der Waals surface area contributed by atoms with Crippen LogP contribution in [0, 0.1) is 6.92 Å². The van der Waals surface area contributed by atoms with Crippen LogP contribution in [0.5, 0.6) is 0 Å². The molecular weight excluding hydrogens is 344 g/mol. The van der Waals surface area contributed by atoms with Gasteiger partial charge in [-0.25, -0.2) is 0 Å². The van der Waals surface area contributed by atoms with E-state index in [1.165, 1.54) is 5.56 Å². The summed E-state index contributed by atoms with van der Waals surface area (Å²) in [6.45, 7) is 5.30. The number of aryl methyl sites for hydroxylation is 1. The summed E-state index contributed by atoms with van der Waals surface area (Å²) in [7, 11) is 0. The van der Waals surface area contributed by atoms with Gasteiger partial charge in [0, 0.05) is 37.7 Å². The SMILES string of the molecule is Cc1ccc([C@@H](CNC(=O)C(=O)Nc2ccncc2)N2CCOCC2)cc1. The normalized spacial score (nSPS) is 15.7. The van der Waals surface area contributed by atoms with Crippen molar-refractivity contribution in [2.45, 2.75) is 13.0 Å². The van der Waals surface area contributed by atoms with E-state index in [4.69, 9.17) is 4.74 Å². The van der Waals surface area contributed by atoms with Crippen LogP contribution in [0.2, 0.25) is 0 Å². The Morgan fingerprint density at radius 2 is 1.74 bits per heavy atom. The Morgan fingerprint density at radius 3 is 2.41 bits per heavy atom. The van der Waals surface area contributed by atoms with Crippen molar-refractivity contribution < 1.29 is 14.3 Å². The molecule has 7 heteroatoms. The maximum atomic E-state index is 12.2. The largest absolute Gasteiger partial charge is 0.379 e. The van der Waals surface area contributed by atoms with Crippen molar-refractivity contribution in [1.29, 1.82) is 0 Å². The summed E-state index contributed by atoms with van der Waals surface area (Å²) in [5.41, 5.74) is 2.82. The third-order valence-corrected chi connectivity index (χ3v) is 4.55. The standard InChI is InChI=1S/C20H24N4O3/c1-15-2-4-16(5-3-15)18(24-10-12-27-13-11-24)14-22-19(25)20(26)23-17-6-8-21-9-7-17/h2-9,18H,10-14H2,1H3,(H,22,25)(H,21,23,26)/t18-/m1/s1. The van der Waals surface area contributed by atoms with Crippen LogP contribution in [0.1, 0.15) is 17.2 Å². The van der Waals surface area contributed by atoms with Crippen LogP contribution in [-0.2, 0) is 14.3 Å². The molecule has 0 radical (unpaired) electrons. The van der Waals surface area contributed by atoms with Crippen molar-refractivity contribution in [3.8, 4) is 0 Å². The minimum atomic E-state index is -0.689. The number of hydrogen-bond acceptors (Lipinski definition) is 5. The van der Waals surface area contributed by atoms with Crippen LogP contribution in [-0.4, -0.2) is 54.5 Å². The molecule has 1 aliphatic heterocycles. The average Bonchev–Trinajstić information content (AvgIpc) is 2.71. The zero-order valence-electron chi connectivity index (χ0n) is 15.4. The van der Waals surface area contributed by atoms with E-state index in [9.17, 15) is 9.59 Å². The van der Waals surface area contributed by atoms with Gasteiger partial charge in [-0.1, -0.05) is 29.8 Å². The molecule has 0 unspecified atom stereocenters. The number of carbonyl (C=O) groups is 2. The molecule has 1 aromatic carbocycles. The van der Waals surface area contributed by atoms with Gasteiger partial charge >= 0.3 is 11.8 Å². The number of aromatic nitrogens is 1. The number of ether oxygens (including phenoxy) is 1. The molecule has 2 N–H and O–H groups in total. The molecule has 7 nitrogen and oxygen atoms in total. The number of hydrogen-bond donors (Lipinski definition) is 2. The zero-order valence-corrected chi connectivity index (χ0v) is 15.4. The van der Waals surface area contributed by atoms with Crippen LogP contribution in [0.25, 0.3) is 0 Å². The van der Waals surface area contributed by atoms with Crippen molar-refractivity contribution in [1.82, 2.24) is 15.2 Å². The highest BCUT2D eigenvalue weighted by molar-refractivity contribution is 6.39. The Morgan fingerprint density at radius 1 is 1.07 bits per heavy atom. The molecule has 1 aliphatic rings. The fraction of sp³-hybridized carbons (Fsp3) is 0.350. The first kappa shape index (κ1) is 19.0. The summed E-state index contributed by atoms with van der Waals surface area (Å²) >= 11 is 0. The number of amides is 2. The molecule has 0 spiro atoms. The topological polar surface area (TPSA) is 83.6 Å². The van der Waals surface area contributed by atoms with Crippen LogP contribution in [0.3, 0.4) is 0 Å². The number of carbonyl (C=O) groups excluding carboxylic acids is 2. The molecule has 0 aliphatic carbocycles. The first-order valence-electron chi connectivity index (χ1n) is 9.01. The van der Waals surface area contributed by atoms with Gasteiger partial charge in [0.05, 0.1) is 19.3 Å². The molecule has 2 amide bonds. The van der Waals surface area contributed by atoms with Crippen molar-refractivity contribution >= 4 is 17.5 Å². The van der Waals surface area contributed by atoms with Gasteiger partial charge in [-0.2, -0.15) is 0 Å². The minimum absolute atomic E-state index is 0.00725. The molecule has 0 saturated carbocycles. The van der Waals surface area contributed by atoms with Gasteiger partial charge in [0.15, 0.2) is 0 Å². The van der Waals surface area contributed by atoms with Crippen molar-refractivity contribution in [2.75, 3.05) is 38.2 Å². The van der Waals surface area contributed by atoms with E-state index >= 15 is 0 Å². The molecule has 2 aromatic rings. The van der Waals surface area contributed by atoms with E-state index in [-0.39, 0.29) is 6.04 Å². The molecule has 142 valence electrons. The maximum Gasteiger partial charge on any atom is 0.313 e. The third-order valence-electron chi connectivity index (χ3n) is 4.55. The van der Waals surface area contributed by atoms with E-state index in [0.29, 0.717) is 25.4 Å². The average molecular weight is 368 g/mol. The number of nitrogens with zero attached hydrogens (tertiary/aromatic N) is 2. The van der Waals surface area contributed by atoms with Crippen molar-refractivity contribution in [2.24, 2.45) is 0 Å². The van der Waals surface area contributed by atoms with E-state index in [2.05, 4.69) is 44.8 Å². The Labute approximate surface area is 158 Å². The monoisotopic (exact) mass is 368 g/mol. The molecule has 2 heterocycles. The van der Waals surface area contributed by atoms with Gasteiger partial charge in [-0.15, -0.1) is 0 Å². The lowest BCUT2D eigenvalue weighted by Crippen LogP contribution is -2.45. The summed E-state index contributed by atoms with van der Waals surface area (Å²) in [5, 5.41) is 5.33. The van der Waals surface area contributed by atoms with Crippen LogP contribution in [0.15, 0.2) is 48.8 Å². The maximum absolute atomic E-state index is 12.2. The second-order valence-electron chi connectivity index (χ2n) is 6.47. The first-order chi connectivity index (χ1) is 13.1. The fourth-order valence-corrected chi connectivity index (χ4v) is 3.03. The Kier molecular flexibility index (Phi) is 6.51. The Balaban J connectivity index is 1.63. The van der Waals surface area contributed by atoms with Crippen LogP contribution in [0.4, 0.5) is 5.69 Å². The van der Waals surface area contributed by atoms with Gasteiger partial charge in [0.2, 0.25) is 0 Å². The third kappa shape index (κ3) is 5.35. The molecule has 1 aromatic heterocycles. The predicted octanol–water partition coefficient (Wildman–Crippen LogP) is 1.52. The highest BCUT2D eigenvalue weighted by atomic mass is 16.5. The van der Waals surface area contributed by atoms with Gasteiger partial charge in [-0.3, -0.25) is 19.5 Å². The summed E-state index contributed by atoms with van der Waals surface area (Å²) in [6.07, 6.45) is 3.11. The number of rotatable bonds is 5. The minimum Gasteiger partial charge on any atom is -0.379 e. The summed E-state index contributed by atoms with van der Waals surface area (Å²) in [4.78, 5) is 30.5. The lowest BCUT2D eigenvalue weighted by atomic mass is 10.0. The lowest BCUT2D eigenvalue weighted by Gasteiger charge is -2.35. The molecule has 1 fully saturated rings. The predicted molar refractivity (Wildman–Crippen MR) is 102 cm³/mol. The number of morpholine rings is 1. The highest BCUT2D eigenvalue weighted by Gasteiger charge is 2.24. The van der Waals surface area contributed by atoms with Crippen molar-refractivity contribution in [3.05, 3.63) is 59.9 Å². The quantitative estimate of drug-likeness (QED) is 0.782. The fourth-order valence-electron chi connectivity index (χ4n) is 3.03. The van der Waals surface area contributed by atoms with Gasteiger partial charge < -0.3 is 15.4 Å². The Bertz CT molecular complexity index is 759. The van der Waals surface area contributed by atoms with Crippen LogP contribution >= 0.6 is 0 Å². The number of pyridine rings is 1. The second kappa shape index (κ2) is 9.25. The molecule has 1 saturated heterocycles. The van der Waals surface area contributed by atoms with Gasteiger partial charge in [-0.05, 0) is 24.6 Å². The summed E-state index contributed by atoms with van der Waals surface area (Å²) in [6, 6.07) is 11.5. The zero-order chi connectivity index (χ0) is 19.1. The van der Waals surface area contributed by atoms with E-state index < -0.39 is 11.8 Å². The first-order valence-corrected chi connectivity index (χ1v) is 9.01.